The second kappa shape index (κ2) is 8.15. The van der Waals surface area contributed by atoms with Crippen molar-refractivity contribution in [2.45, 2.75) is 44.4 Å². The molecule has 0 saturated heterocycles. The number of hydrogen-bond donors (Lipinski definition) is 1. The van der Waals surface area contributed by atoms with Crippen LogP contribution in [-0.4, -0.2) is 25.7 Å². The molecule has 8 heteroatoms. The van der Waals surface area contributed by atoms with E-state index in [2.05, 4.69) is 22.2 Å². The van der Waals surface area contributed by atoms with Gasteiger partial charge < -0.3 is 4.42 Å². The molecule has 3 rings (SSSR count). The summed E-state index contributed by atoms with van der Waals surface area (Å²) in [5.41, 5.74) is -0.459. The van der Waals surface area contributed by atoms with E-state index in [1.54, 1.807) is 36.0 Å². The van der Waals surface area contributed by atoms with Crippen LogP contribution in [0.2, 0.25) is 0 Å². The standard InChI is InChI=1S/C17H20N4O3S/c1-2-3-11-25-17-19-18-14(24-17)9-6-10-21-16(23)13-8-5-4-7-12(13)15(22)20-21/h4-5,7-8H,2-3,6,9-11H2,1H3,(H,20,22). The maximum Gasteiger partial charge on any atom is 0.276 e. The third-order valence-electron chi connectivity index (χ3n) is 3.83. The summed E-state index contributed by atoms with van der Waals surface area (Å²) in [6.07, 6.45) is 3.42. The minimum atomic E-state index is -0.261. The maximum atomic E-state index is 12.4. The van der Waals surface area contributed by atoms with Gasteiger partial charge in [-0.1, -0.05) is 37.2 Å². The second-order valence-corrected chi connectivity index (χ2v) is 6.76. The Balaban J connectivity index is 1.63. The molecule has 0 bridgehead atoms. The van der Waals surface area contributed by atoms with Crippen LogP contribution < -0.4 is 11.1 Å². The monoisotopic (exact) mass is 360 g/mol. The summed E-state index contributed by atoms with van der Waals surface area (Å²) < 4.78 is 6.92. The molecule has 2 heterocycles. The molecule has 25 heavy (non-hydrogen) atoms. The fourth-order valence-corrected chi connectivity index (χ4v) is 3.36. The molecule has 0 spiro atoms. The van der Waals surface area contributed by atoms with Gasteiger partial charge in [-0.2, -0.15) is 0 Å². The van der Waals surface area contributed by atoms with Crippen molar-refractivity contribution in [2.24, 2.45) is 0 Å². The zero-order valence-electron chi connectivity index (χ0n) is 14.0. The van der Waals surface area contributed by atoms with Crippen LogP contribution in [0.5, 0.6) is 0 Å². The molecule has 0 radical (unpaired) electrons. The van der Waals surface area contributed by atoms with Crippen molar-refractivity contribution in [1.82, 2.24) is 20.0 Å². The number of rotatable bonds is 8. The Bertz CT molecular complexity index is 960. The van der Waals surface area contributed by atoms with Gasteiger partial charge in [-0.05, 0) is 25.0 Å². The Kier molecular flexibility index (Phi) is 5.70. The highest BCUT2D eigenvalue weighted by atomic mass is 32.2. The number of thioether (sulfide) groups is 1. The normalized spacial score (nSPS) is 11.2. The fraction of sp³-hybridized carbons (Fsp3) is 0.412. The highest BCUT2D eigenvalue weighted by Crippen LogP contribution is 2.18. The lowest BCUT2D eigenvalue weighted by Crippen LogP contribution is -2.30. The van der Waals surface area contributed by atoms with Gasteiger partial charge in [0.25, 0.3) is 16.3 Å². The van der Waals surface area contributed by atoms with Gasteiger partial charge in [0.1, 0.15) is 0 Å². The summed E-state index contributed by atoms with van der Waals surface area (Å²) in [5, 5.41) is 12.1. The van der Waals surface area contributed by atoms with E-state index in [1.807, 2.05) is 0 Å². The molecule has 0 amide bonds. The number of nitrogens with zero attached hydrogens (tertiary/aromatic N) is 3. The Morgan fingerprint density at radius 1 is 1.16 bits per heavy atom. The average molecular weight is 360 g/mol. The molecule has 0 aliphatic rings. The first kappa shape index (κ1) is 17.5. The van der Waals surface area contributed by atoms with Crippen LogP contribution in [0.25, 0.3) is 10.8 Å². The lowest BCUT2D eigenvalue weighted by Gasteiger charge is -2.06. The number of H-pyrrole nitrogens is 1. The lowest BCUT2D eigenvalue weighted by atomic mass is 10.2. The molecule has 0 fully saturated rings. The average Bonchev–Trinajstić information content (AvgIpc) is 3.07. The predicted molar refractivity (Wildman–Crippen MR) is 97.1 cm³/mol. The van der Waals surface area contributed by atoms with E-state index in [4.69, 9.17) is 4.42 Å². The second-order valence-electron chi connectivity index (χ2n) is 5.71. The SMILES string of the molecule is CCCCSc1nnc(CCCn2[nH]c(=O)c3ccccc3c2=O)o1. The Labute approximate surface area is 148 Å². The minimum Gasteiger partial charge on any atom is -0.416 e. The van der Waals surface area contributed by atoms with Gasteiger partial charge in [-0.3, -0.25) is 14.7 Å². The van der Waals surface area contributed by atoms with Gasteiger partial charge in [0.15, 0.2) is 0 Å². The number of benzene rings is 1. The summed E-state index contributed by atoms with van der Waals surface area (Å²) >= 11 is 1.56. The van der Waals surface area contributed by atoms with Gasteiger partial charge in [-0.25, -0.2) is 4.68 Å². The van der Waals surface area contributed by atoms with Crippen LogP contribution in [-0.2, 0) is 13.0 Å². The third-order valence-corrected chi connectivity index (χ3v) is 4.73. The number of aryl methyl sites for hydroxylation is 2. The van der Waals surface area contributed by atoms with Crippen LogP contribution >= 0.6 is 11.8 Å². The first-order valence-corrected chi connectivity index (χ1v) is 9.34. The summed E-state index contributed by atoms with van der Waals surface area (Å²) in [6.45, 7) is 2.53. The zero-order chi connectivity index (χ0) is 17.6. The summed E-state index contributed by atoms with van der Waals surface area (Å²) in [4.78, 5) is 24.5. The van der Waals surface area contributed by atoms with Crippen LogP contribution in [0, 0.1) is 0 Å². The molecule has 132 valence electrons. The molecule has 0 atom stereocenters. The van der Waals surface area contributed by atoms with Crippen molar-refractivity contribution in [3.05, 3.63) is 50.9 Å². The smallest absolute Gasteiger partial charge is 0.276 e. The van der Waals surface area contributed by atoms with Gasteiger partial charge in [0, 0.05) is 18.7 Å². The largest absolute Gasteiger partial charge is 0.416 e. The van der Waals surface area contributed by atoms with Crippen molar-refractivity contribution in [1.29, 1.82) is 0 Å². The van der Waals surface area contributed by atoms with Crippen molar-refractivity contribution in [3.8, 4) is 0 Å². The predicted octanol–water partition coefficient (Wildman–Crippen LogP) is 2.60. The molecule has 0 aliphatic carbocycles. The Morgan fingerprint density at radius 2 is 1.96 bits per heavy atom. The summed E-state index contributed by atoms with van der Waals surface area (Å²) in [5.74, 6) is 1.52. The molecular weight excluding hydrogens is 340 g/mol. The highest BCUT2D eigenvalue weighted by Gasteiger charge is 2.09. The van der Waals surface area contributed by atoms with Crippen molar-refractivity contribution in [2.75, 3.05) is 5.75 Å². The third kappa shape index (κ3) is 4.19. The molecule has 1 N–H and O–H groups in total. The molecule has 1 aromatic carbocycles. The molecule has 0 saturated carbocycles. The number of aromatic amines is 1. The number of nitrogens with one attached hydrogen (secondary N) is 1. The first-order valence-electron chi connectivity index (χ1n) is 8.36. The molecule has 7 nitrogen and oxygen atoms in total. The number of unbranched alkanes of at least 4 members (excludes halogenated alkanes) is 1. The molecule has 0 unspecified atom stereocenters. The van der Waals surface area contributed by atoms with Gasteiger partial charge in [0.2, 0.25) is 5.89 Å². The molecule has 2 aromatic heterocycles. The fourth-order valence-electron chi connectivity index (χ4n) is 2.49. The van der Waals surface area contributed by atoms with E-state index in [0.717, 1.165) is 18.6 Å². The van der Waals surface area contributed by atoms with Crippen molar-refractivity contribution < 1.29 is 4.42 Å². The van der Waals surface area contributed by atoms with E-state index in [-0.39, 0.29) is 11.1 Å². The van der Waals surface area contributed by atoms with E-state index in [0.29, 0.717) is 41.3 Å². The van der Waals surface area contributed by atoms with E-state index in [1.165, 1.54) is 4.68 Å². The van der Waals surface area contributed by atoms with Gasteiger partial charge in [-0.15, -0.1) is 10.2 Å². The van der Waals surface area contributed by atoms with E-state index in [9.17, 15) is 9.59 Å². The minimum absolute atomic E-state index is 0.198. The Morgan fingerprint density at radius 3 is 2.76 bits per heavy atom. The Hall–Kier alpha value is -2.35. The van der Waals surface area contributed by atoms with Crippen molar-refractivity contribution in [3.63, 3.8) is 0 Å². The first-order chi connectivity index (χ1) is 12.2. The van der Waals surface area contributed by atoms with Gasteiger partial charge >= 0.3 is 0 Å². The number of fused-ring (bicyclic) bond motifs is 1. The number of aromatic nitrogens is 4. The topological polar surface area (TPSA) is 93.8 Å². The van der Waals surface area contributed by atoms with Crippen LogP contribution in [0.3, 0.4) is 0 Å². The maximum absolute atomic E-state index is 12.4. The van der Waals surface area contributed by atoms with Crippen LogP contribution in [0.4, 0.5) is 0 Å². The summed E-state index contributed by atoms with van der Waals surface area (Å²) in [7, 11) is 0. The molecule has 3 aromatic rings. The van der Waals surface area contributed by atoms with Gasteiger partial charge in [0.05, 0.1) is 10.8 Å². The van der Waals surface area contributed by atoms with Crippen LogP contribution in [0.15, 0.2) is 43.5 Å². The highest BCUT2D eigenvalue weighted by molar-refractivity contribution is 7.99. The van der Waals surface area contributed by atoms with Crippen molar-refractivity contribution >= 4 is 22.5 Å². The van der Waals surface area contributed by atoms with E-state index >= 15 is 0 Å². The quantitative estimate of drug-likeness (QED) is 0.490. The molecule has 0 aliphatic heterocycles. The summed E-state index contributed by atoms with van der Waals surface area (Å²) in [6, 6.07) is 6.81. The lowest BCUT2D eigenvalue weighted by molar-refractivity contribution is 0.401. The van der Waals surface area contributed by atoms with Crippen LogP contribution in [0.1, 0.15) is 32.1 Å². The zero-order valence-corrected chi connectivity index (χ0v) is 14.8. The van der Waals surface area contributed by atoms with E-state index < -0.39 is 0 Å². The number of hydrogen-bond acceptors (Lipinski definition) is 6. The molecular formula is C17H20N4O3S.